The average Bonchev–Trinajstić information content (AvgIpc) is 2.64. The molecule has 3 rings (SSSR count). The van der Waals surface area contributed by atoms with E-state index in [0.29, 0.717) is 6.04 Å². The lowest BCUT2D eigenvalue weighted by atomic mass is 9.82. The second-order valence-corrected chi connectivity index (χ2v) is 6.34. The Morgan fingerprint density at radius 2 is 1.79 bits per heavy atom. The Labute approximate surface area is 115 Å². The monoisotopic (exact) mass is 260 g/mol. The first-order valence-corrected chi connectivity index (χ1v) is 7.47. The topological polar surface area (TPSA) is 25.2 Å². The molecule has 0 N–H and O–H groups in total. The van der Waals surface area contributed by atoms with E-state index in [4.69, 9.17) is 0 Å². The van der Waals surface area contributed by atoms with Gasteiger partial charge in [-0.3, -0.25) is 4.79 Å². The van der Waals surface area contributed by atoms with E-state index in [1.165, 1.54) is 37.8 Å². The minimum Gasteiger partial charge on any atom is -0.345 e. The van der Waals surface area contributed by atoms with Crippen molar-refractivity contribution < 1.29 is 4.79 Å². The Kier molecular flexibility index (Phi) is 3.25. The maximum absolute atomic E-state index is 11.1. The summed E-state index contributed by atoms with van der Waals surface area (Å²) in [7, 11) is 2.29. The quantitative estimate of drug-likeness (QED) is 0.763. The third-order valence-corrected chi connectivity index (χ3v) is 5.33. The molecule has 0 saturated carbocycles. The summed E-state index contributed by atoms with van der Waals surface area (Å²) in [5, 5.41) is 0. The Balaban J connectivity index is 1.91. The Bertz CT molecular complexity index is 477. The molecule has 2 unspecified atom stereocenters. The van der Waals surface area contributed by atoms with Gasteiger partial charge >= 0.3 is 0 Å². The molecule has 2 aliphatic rings. The lowest BCUT2D eigenvalue weighted by molar-refractivity contribution is 0.0392. The van der Waals surface area contributed by atoms with E-state index >= 15 is 0 Å². The van der Waals surface area contributed by atoms with Crippen LogP contribution in [0.5, 0.6) is 0 Å². The summed E-state index contributed by atoms with van der Waals surface area (Å²) in [6, 6.07) is 4.09. The maximum atomic E-state index is 11.1. The predicted octanol–water partition coefficient (Wildman–Crippen LogP) is 3.11. The van der Waals surface area contributed by atoms with Crippen LogP contribution in [0.1, 0.15) is 59.9 Å². The lowest BCUT2D eigenvalue weighted by Crippen LogP contribution is -2.50. The predicted molar refractivity (Wildman–Crippen MR) is 76.8 cm³/mol. The Morgan fingerprint density at radius 1 is 1.16 bits per heavy atom. The van der Waals surface area contributed by atoms with E-state index < -0.39 is 0 Å². The molecule has 3 heteroatoms. The highest BCUT2D eigenvalue weighted by Crippen LogP contribution is 2.39. The highest BCUT2D eigenvalue weighted by molar-refractivity contribution is 5.77. The number of aryl methyl sites for hydroxylation is 1. The van der Waals surface area contributed by atoms with Crippen molar-refractivity contribution >= 4 is 6.29 Å². The van der Waals surface area contributed by atoms with Gasteiger partial charge in [-0.1, -0.05) is 6.42 Å². The van der Waals surface area contributed by atoms with Crippen molar-refractivity contribution in [1.29, 1.82) is 0 Å². The second-order valence-electron chi connectivity index (χ2n) is 6.34. The summed E-state index contributed by atoms with van der Waals surface area (Å²) in [4.78, 5) is 13.7. The zero-order valence-corrected chi connectivity index (χ0v) is 12.2. The van der Waals surface area contributed by atoms with Crippen molar-refractivity contribution in [3.63, 3.8) is 0 Å². The fourth-order valence-corrected chi connectivity index (χ4v) is 4.28. The van der Waals surface area contributed by atoms with Gasteiger partial charge in [0.15, 0.2) is 6.29 Å². The van der Waals surface area contributed by atoms with Crippen LogP contribution in [0.3, 0.4) is 0 Å². The maximum Gasteiger partial charge on any atom is 0.151 e. The molecule has 0 radical (unpaired) electrons. The summed E-state index contributed by atoms with van der Waals surface area (Å²) in [5.41, 5.74) is 3.26. The minimum absolute atomic E-state index is 0.584. The highest BCUT2D eigenvalue weighted by atomic mass is 16.1. The summed E-state index contributed by atoms with van der Waals surface area (Å²) in [6.45, 7) is 4.22. The van der Waals surface area contributed by atoms with Crippen LogP contribution in [-0.4, -0.2) is 34.9 Å². The molecule has 0 aromatic carbocycles. The molecule has 0 spiro atoms. The number of fused-ring (bicyclic) bond motifs is 2. The fourth-order valence-electron chi connectivity index (χ4n) is 4.28. The van der Waals surface area contributed by atoms with Crippen molar-refractivity contribution in [2.75, 3.05) is 7.05 Å². The Morgan fingerprint density at radius 3 is 2.32 bits per heavy atom. The van der Waals surface area contributed by atoms with Crippen LogP contribution >= 0.6 is 0 Å². The van der Waals surface area contributed by atoms with Gasteiger partial charge in [-0.25, -0.2) is 0 Å². The summed E-state index contributed by atoms with van der Waals surface area (Å²) >= 11 is 0. The van der Waals surface area contributed by atoms with Gasteiger partial charge in [-0.15, -0.1) is 0 Å². The van der Waals surface area contributed by atoms with Crippen molar-refractivity contribution in [3.05, 3.63) is 23.0 Å². The van der Waals surface area contributed by atoms with E-state index in [1.807, 2.05) is 6.07 Å². The molecule has 2 bridgehead atoms. The van der Waals surface area contributed by atoms with Gasteiger partial charge in [-0.05, 0) is 52.6 Å². The van der Waals surface area contributed by atoms with E-state index in [0.717, 1.165) is 29.6 Å². The highest BCUT2D eigenvalue weighted by Gasteiger charge is 2.37. The summed E-state index contributed by atoms with van der Waals surface area (Å²) in [5.74, 6) is 0. The smallest absolute Gasteiger partial charge is 0.151 e. The molecule has 19 heavy (non-hydrogen) atoms. The largest absolute Gasteiger partial charge is 0.345 e. The van der Waals surface area contributed by atoms with Crippen LogP contribution in [0, 0.1) is 13.8 Å². The van der Waals surface area contributed by atoms with Crippen LogP contribution in [0.25, 0.3) is 0 Å². The zero-order chi connectivity index (χ0) is 13.6. The average molecular weight is 260 g/mol. The summed E-state index contributed by atoms with van der Waals surface area (Å²) in [6.07, 6.45) is 7.53. The molecule has 1 aromatic rings. The van der Waals surface area contributed by atoms with E-state index in [2.05, 4.69) is 30.4 Å². The fraction of sp³-hybridized carbons (Fsp3) is 0.688. The zero-order valence-electron chi connectivity index (χ0n) is 12.2. The second kappa shape index (κ2) is 4.78. The number of hydrogen-bond donors (Lipinski definition) is 0. The van der Waals surface area contributed by atoms with Gasteiger partial charge < -0.3 is 9.47 Å². The minimum atomic E-state index is 0.584. The third-order valence-electron chi connectivity index (χ3n) is 5.33. The van der Waals surface area contributed by atoms with Crippen molar-refractivity contribution in [3.8, 4) is 0 Å². The van der Waals surface area contributed by atoms with Crippen LogP contribution in [0.15, 0.2) is 6.07 Å². The molecule has 104 valence electrons. The number of carbonyl (C=O) groups is 1. The SMILES string of the molecule is Cc1cc(C=O)c(C)n1C1CC2CCCC(C1)N2C. The van der Waals surface area contributed by atoms with Gasteiger partial charge in [0, 0.05) is 35.1 Å². The molecule has 1 aromatic heterocycles. The molecule has 0 amide bonds. The molecule has 3 nitrogen and oxygen atoms in total. The Hall–Kier alpha value is -1.09. The molecular weight excluding hydrogens is 236 g/mol. The first-order valence-electron chi connectivity index (χ1n) is 7.47. The molecule has 0 aliphatic carbocycles. The van der Waals surface area contributed by atoms with E-state index in [-0.39, 0.29) is 0 Å². The van der Waals surface area contributed by atoms with Crippen molar-refractivity contribution in [2.45, 2.75) is 64.1 Å². The number of carbonyl (C=O) groups excluding carboxylic acids is 1. The van der Waals surface area contributed by atoms with Crippen LogP contribution in [-0.2, 0) is 0 Å². The van der Waals surface area contributed by atoms with Gasteiger partial charge in [0.1, 0.15) is 0 Å². The van der Waals surface area contributed by atoms with Crippen LogP contribution in [0.2, 0.25) is 0 Å². The van der Waals surface area contributed by atoms with E-state index in [9.17, 15) is 4.79 Å². The third kappa shape index (κ3) is 2.04. The summed E-state index contributed by atoms with van der Waals surface area (Å²) < 4.78 is 2.42. The van der Waals surface area contributed by atoms with Gasteiger partial charge in [0.05, 0.1) is 0 Å². The van der Waals surface area contributed by atoms with Gasteiger partial charge in [-0.2, -0.15) is 0 Å². The van der Waals surface area contributed by atoms with Crippen molar-refractivity contribution in [1.82, 2.24) is 9.47 Å². The number of nitrogens with zero attached hydrogens (tertiary/aromatic N) is 2. The number of rotatable bonds is 2. The molecule has 2 atom stereocenters. The number of aldehydes is 1. The standard InChI is InChI=1S/C16H24N2O/c1-11-7-13(10-19)12(2)18(11)16-8-14-5-4-6-15(9-16)17(14)3/h7,10,14-16H,4-6,8-9H2,1-3H3. The molecule has 2 saturated heterocycles. The van der Waals surface area contributed by atoms with Gasteiger partial charge in [0.2, 0.25) is 0 Å². The molecular formula is C16H24N2O. The van der Waals surface area contributed by atoms with Crippen LogP contribution < -0.4 is 0 Å². The van der Waals surface area contributed by atoms with Crippen LogP contribution in [0.4, 0.5) is 0 Å². The molecule has 2 fully saturated rings. The lowest BCUT2D eigenvalue weighted by Gasteiger charge is -2.47. The van der Waals surface area contributed by atoms with Gasteiger partial charge in [0.25, 0.3) is 0 Å². The van der Waals surface area contributed by atoms with E-state index in [1.54, 1.807) is 0 Å². The first-order chi connectivity index (χ1) is 9.11. The number of piperidine rings is 2. The first kappa shape index (κ1) is 12.9. The normalized spacial score (nSPS) is 31.4. The van der Waals surface area contributed by atoms with Crippen molar-refractivity contribution in [2.24, 2.45) is 0 Å². The molecule has 2 aliphatic heterocycles. The number of aromatic nitrogens is 1. The number of hydrogen-bond acceptors (Lipinski definition) is 2. The molecule has 3 heterocycles.